The Morgan fingerprint density at radius 3 is 2.70 bits per heavy atom. The van der Waals surface area contributed by atoms with E-state index in [0.717, 1.165) is 38.4 Å². The number of pyridine rings is 1. The van der Waals surface area contributed by atoms with Crippen molar-refractivity contribution in [2.45, 2.75) is 39.3 Å². The van der Waals surface area contributed by atoms with E-state index in [-0.39, 0.29) is 6.61 Å². The molecule has 1 fully saturated rings. The first kappa shape index (κ1) is 15.4. The minimum atomic E-state index is 0.255. The summed E-state index contributed by atoms with van der Waals surface area (Å²) in [6.45, 7) is 11.8. The van der Waals surface area contributed by atoms with Gasteiger partial charge < -0.3 is 5.11 Å². The van der Waals surface area contributed by atoms with Gasteiger partial charge in [-0.15, -0.1) is 0 Å². The summed E-state index contributed by atoms with van der Waals surface area (Å²) in [4.78, 5) is 9.37. The zero-order valence-electron chi connectivity index (χ0n) is 12.9. The minimum absolute atomic E-state index is 0.255. The SMILES string of the molecule is CC(C)c1ccc(CN2CCN(CCO)C(C)C2)cn1. The van der Waals surface area contributed by atoms with E-state index in [1.165, 1.54) is 5.56 Å². The highest BCUT2D eigenvalue weighted by atomic mass is 16.3. The zero-order valence-corrected chi connectivity index (χ0v) is 12.9. The average Bonchev–Trinajstić information content (AvgIpc) is 2.42. The maximum atomic E-state index is 9.04. The maximum Gasteiger partial charge on any atom is 0.0558 e. The molecular formula is C16H27N3O. The third kappa shape index (κ3) is 4.01. The molecule has 2 heterocycles. The molecule has 1 aromatic heterocycles. The van der Waals surface area contributed by atoms with E-state index in [1.54, 1.807) is 0 Å². The number of hydrogen-bond acceptors (Lipinski definition) is 4. The van der Waals surface area contributed by atoms with Crippen LogP contribution in [0.3, 0.4) is 0 Å². The van der Waals surface area contributed by atoms with Crippen LogP contribution in [0.5, 0.6) is 0 Å². The standard InChI is InChI=1S/C16H27N3O/c1-13(2)16-5-4-15(10-17-16)12-18-6-7-19(8-9-20)14(3)11-18/h4-5,10,13-14,20H,6-9,11-12H2,1-3H3. The van der Waals surface area contributed by atoms with Crippen molar-refractivity contribution >= 4 is 0 Å². The zero-order chi connectivity index (χ0) is 14.5. The highest BCUT2D eigenvalue weighted by Gasteiger charge is 2.22. The topological polar surface area (TPSA) is 39.6 Å². The highest BCUT2D eigenvalue weighted by molar-refractivity contribution is 5.16. The lowest BCUT2D eigenvalue weighted by molar-refractivity contribution is 0.0647. The van der Waals surface area contributed by atoms with Crippen LogP contribution in [-0.2, 0) is 6.54 Å². The predicted octanol–water partition coefficient (Wildman–Crippen LogP) is 1.70. The second-order valence-electron chi connectivity index (χ2n) is 6.09. The van der Waals surface area contributed by atoms with E-state index < -0.39 is 0 Å². The molecule has 4 nitrogen and oxygen atoms in total. The van der Waals surface area contributed by atoms with Gasteiger partial charge in [0.1, 0.15) is 0 Å². The van der Waals surface area contributed by atoms with E-state index >= 15 is 0 Å². The van der Waals surface area contributed by atoms with E-state index in [4.69, 9.17) is 5.11 Å². The molecule has 2 rings (SSSR count). The number of piperazine rings is 1. The van der Waals surface area contributed by atoms with Gasteiger partial charge in [0.25, 0.3) is 0 Å². The van der Waals surface area contributed by atoms with Gasteiger partial charge in [0, 0.05) is 50.7 Å². The van der Waals surface area contributed by atoms with Crippen molar-refractivity contribution in [1.82, 2.24) is 14.8 Å². The van der Waals surface area contributed by atoms with Crippen LogP contribution in [-0.4, -0.2) is 58.7 Å². The number of hydrogen-bond donors (Lipinski definition) is 1. The van der Waals surface area contributed by atoms with Gasteiger partial charge >= 0.3 is 0 Å². The fourth-order valence-electron chi connectivity index (χ4n) is 2.80. The fraction of sp³-hybridized carbons (Fsp3) is 0.688. The van der Waals surface area contributed by atoms with Crippen LogP contribution in [0.15, 0.2) is 18.3 Å². The van der Waals surface area contributed by atoms with Crippen molar-refractivity contribution < 1.29 is 5.11 Å². The molecule has 4 heteroatoms. The van der Waals surface area contributed by atoms with Crippen molar-refractivity contribution in [2.75, 3.05) is 32.8 Å². The Morgan fingerprint density at radius 1 is 1.35 bits per heavy atom. The summed E-state index contributed by atoms with van der Waals surface area (Å²) < 4.78 is 0. The Bertz CT molecular complexity index is 405. The van der Waals surface area contributed by atoms with Gasteiger partial charge in [0.2, 0.25) is 0 Å². The van der Waals surface area contributed by atoms with Gasteiger partial charge in [-0.3, -0.25) is 14.8 Å². The van der Waals surface area contributed by atoms with Crippen LogP contribution in [0.4, 0.5) is 0 Å². The molecule has 1 unspecified atom stereocenters. The molecule has 1 aliphatic heterocycles. The van der Waals surface area contributed by atoms with Crippen molar-refractivity contribution in [3.05, 3.63) is 29.6 Å². The number of aliphatic hydroxyl groups is 1. The Balaban J connectivity index is 1.88. The summed E-state index contributed by atoms with van der Waals surface area (Å²) in [5.41, 5.74) is 2.45. The lowest BCUT2D eigenvalue weighted by Crippen LogP contribution is -2.52. The number of aromatic nitrogens is 1. The fourth-order valence-corrected chi connectivity index (χ4v) is 2.80. The average molecular weight is 277 g/mol. The summed E-state index contributed by atoms with van der Waals surface area (Å²) in [7, 11) is 0. The number of β-amino-alcohol motifs (C(OH)–C–C–N with tert-alkyl or cyclic N) is 1. The summed E-state index contributed by atoms with van der Waals surface area (Å²) >= 11 is 0. The Labute approximate surface area is 122 Å². The van der Waals surface area contributed by atoms with E-state index in [1.807, 2.05) is 6.20 Å². The lowest BCUT2D eigenvalue weighted by Gasteiger charge is -2.39. The van der Waals surface area contributed by atoms with Crippen molar-refractivity contribution in [3.63, 3.8) is 0 Å². The molecule has 0 aliphatic carbocycles. The summed E-state index contributed by atoms with van der Waals surface area (Å²) in [5, 5.41) is 9.04. The van der Waals surface area contributed by atoms with Gasteiger partial charge in [-0.2, -0.15) is 0 Å². The number of nitrogens with zero attached hydrogens (tertiary/aromatic N) is 3. The molecule has 1 saturated heterocycles. The highest BCUT2D eigenvalue weighted by Crippen LogP contribution is 2.15. The molecule has 0 radical (unpaired) electrons. The smallest absolute Gasteiger partial charge is 0.0558 e. The first-order valence-corrected chi connectivity index (χ1v) is 7.62. The van der Waals surface area contributed by atoms with Crippen LogP contribution in [0, 0.1) is 0 Å². The van der Waals surface area contributed by atoms with Crippen LogP contribution < -0.4 is 0 Å². The molecular weight excluding hydrogens is 250 g/mol. The monoisotopic (exact) mass is 277 g/mol. The summed E-state index contributed by atoms with van der Waals surface area (Å²) in [6, 6.07) is 4.86. The predicted molar refractivity (Wildman–Crippen MR) is 81.7 cm³/mol. The Hall–Kier alpha value is -0.970. The molecule has 0 saturated carbocycles. The van der Waals surface area contributed by atoms with Gasteiger partial charge in [-0.1, -0.05) is 19.9 Å². The number of aliphatic hydroxyl groups excluding tert-OH is 1. The largest absolute Gasteiger partial charge is 0.395 e. The summed E-state index contributed by atoms with van der Waals surface area (Å²) in [5.74, 6) is 0.492. The van der Waals surface area contributed by atoms with Crippen LogP contribution >= 0.6 is 0 Å². The van der Waals surface area contributed by atoms with Crippen LogP contribution in [0.1, 0.15) is 37.9 Å². The summed E-state index contributed by atoms with van der Waals surface area (Å²) in [6.07, 6.45) is 2.01. The lowest BCUT2D eigenvalue weighted by atomic mass is 10.1. The van der Waals surface area contributed by atoms with Crippen LogP contribution in [0.25, 0.3) is 0 Å². The van der Waals surface area contributed by atoms with E-state index in [0.29, 0.717) is 12.0 Å². The first-order valence-electron chi connectivity index (χ1n) is 7.62. The molecule has 0 amide bonds. The molecule has 1 N–H and O–H groups in total. The van der Waals surface area contributed by atoms with Crippen LogP contribution in [0.2, 0.25) is 0 Å². The molecule has 1 aromatic rings. The van der Waals surface area contributed by atoms with Crippen molar-refractivity contribution in [2.24, 2.45) is 0 Å². The Kier molecular flexibility index (Phi) is 5.52. The molecule has 1 aliphatic rings. The van der Waals surface area contributed by atoms with Crippen molar-refractivity contribution in [1.29, 1.82) is 0 Å². The molecule has 20 heavy (non-hydrogen) atoms. The second kappa shape index (κ2) is 7.16. The quantitative estimate of drug-likeness (QED) is 0.889. The third-order valence-corrected chi connectivity index (χ3v) is 4.08. The molecule has 1 atom stereocenters. The Morgan fingerprint density at radius 2 is 2.15 bits per heavy atom. The van der Waals surface area contributed by atoms with Crippen molar-refractivity contribution in [3.8, 4) is 0 Å². The molecule has 0 bridgehead atoms. The normalized spacial score (nSPS) is 21.6. The van der Waals surface area contributed by atoms with E-state index in [2.05, 4.69) is 47.7 Å². The molecule has 0 aromatic carbocycles. The van der Waals surface area contributed by atoms with E-state index in [9.17, 15) is 0 Å². The third-order valence-electron chi connectivity index (χ3n) is 4.08. The van der Waals surface area contributed by atoms with Gasteiger partial charge in [-0.25, -0.2) is 0 Å². The molecule has 112 valence electrons. The second-order valence-corrected chi connectivity index (χ2v) is 6.09. The van der Waals surface area contributed by atoms with Gasteiger partial charge in [-0.05, 0) is 24.5 Å². The van der Waals surface area contributed by atoms with Gasteiger partial charge in [0.05, 0.1) is 6.61 Å². The van der Waals surface area contributed by atoms with Gasteiger partial charge in [0.15, 0.2) is 0 Å². The maximum absolute atomic E-state index is 9.04. The molecule has 0 spiro atoms. The first-order chi connectivity index (χ1) is 9.60. The minimum Gasteiger partial charge on any atom is -0.395 e. The number of rotatable bonds is 5.